The number of hydrogen-bond donors (Lipinski definition) is 1. The molecule has 1 aliphatic carbocycles. The average Bonchev–Trinajstić information content (AvgIpc) is 3.24. The number of hydrogen-bond acceptors (Lipinski definition) is 5. The summed E-state index contributed by atoms with van der Waals surface area (Å²) >= 11 is 0. The zero-order chi connectivity index (χ0) is 17.6. The van der Waals surface area contributed by atoms with Crippen LogP contribution in [-0.4, -0.2) is 47.1 Å². The number of aromatic nitrogens is 2. The molecular weight excluding hydrogens is 328 g/mol. The van der Waals surface area contributed by atoms with Gasteiger partial charge in [0.1, 0.15) is 0 Å². The molecule has 1 amide bonds. The normalized spacial score (nSPS) is 22.1. The standard InChI is InChI=1S/C20H24N4O2/c25-19(24-10-7-20(8-11-24)6-9-21-13-20)16-3-1-2-15(12-16)17-22-18(26-23-17)14-4-5-14/h1-3,12,14,21H,4-11,13H2. The van der Waals surface area contributed by atoms with E-state index in [4.69, 9.17) is 4.52 Å². The Hall–Kier alpha value is -2.21. The Bertz CT molecular complexity index is 811. The van der Waals surface area contributed by atoms with E-state index in [0.29, 0.717) is 22.7 Å². The van der Waals surface area contributed by atoms with Crippen LogP contribution in [0, 0.1) is 5.41 Å². The van der Waals surface area contributed by atoms with Crippen molar-refractivity contribution < 1.29 is 9.32 Å². The van der Waals surface area contributed by atoms with Gasteiger partial charge in [-0.1, -0.05) is 17.3 Å². The molecule has 1 saturated carbocycles. The van der Waals surface area contributed by atoms with Crippen LogP contribution in [0.15, 0.2) is 28.8 Å². The minimum atomic E-state index is 0.110. The highest BCUT2D eigenvalue weighted by atomic mass is 16.5. The SMILES string of the molecule is O=C(c1cccc(-c2noc(C3CC3)n2)c1)N1CCC2(CCNC2)CC1. The number of likely N-dealkylation sites (tertiary alicyclic amines) is 1. The minimum Gasteiger partial charge on any atom is -0.339 e. The van der Waals surface area contributed by atoms with E-state index < -0.39 is 0 Å². The van der Waals surface area contributed by atoms with Crippen LogP contribution in [0.2, 0.25) is 0 Å². The molecule has 2 aromatic rings. The summed E-state index contributed by atoms with van der Waals surface area (Å²) in [6.45, 7) is 3.91. The fourth-order valence-corrected chi connectivity index (χ4v) is 4.23. The van der Waals surface area contributed by atoms with E-state index in [0.717, 1.165) is 63.3 Å². The number of benzene rings is 1. The molecule has 3 heterocycles. The maximum absolute atomic E-state index is 13.0. The van der Waals surface area contributed by atoms with E-state index in [-0.39, 0.29) is 5.91 Å². The maximum atomic E-state index is 13.0. The molecule has 0 unspecified atom stereocenters. The Labute approximate surface area is 153 Å². The van der Waals surface area contributed by atoms with Crippen molar-refractivity contribution in [2.24, 2.45) is 5.41 Å². The smallest absolute Gasteiger partial charge is 0.253 e. The van der Waals surface area contributed by atoms with E-state index in [1.165, 1.54) is 6.42 Å². The number of nitrogens with zero attached hydrogens (tertiary/aromatic N) is 3. The van der Waals surface area contributed by atoms with Crippen LogP contribution in [0.25, 0.3) is 11.4 Å². The predicted molar refractivity (Wildman–Crippen MR) is 96.8 cm³/mol. The predicted octanol–water partition coefficient (Wildman–Crippen LogP) is 2.83. The lowest BCUT2D eigenvalue weighted by atomic mass is 9.78. The first kappa shape index (κ1) is 16.0. The number of carbonyl (C=O) groups is 1. The molecule has 1 aromatic carbocycles. The second kappa shape index (κ2) is 6.20. The lowest BCUT2D eigenvalue weighted by Gasteiger charge is -2.38. The van der Waals surface area contributed by atoms with Gasteiger partial charge in [0.05, 0.1) is 0 Å². The zero-order valence-electron chi connectivity index (χ0n) is 14.9. The highest BCUT2D eigenvalue weighted by Crippen LogP contribution is 2.40. The number of nitrogens with one attached hydrogen (secondary N) is 1. The Morgan fingerprint density at radius 3 is 2.81 bits per heavy atom. The summed E-state index contributed by atoms with van der Waals surface area (Å²) in [7, 11) is 0. The first-order valence-electron chi connectivity index (χ1n) is 9.67. The van der Waals surface area contributed by atoms with Gasteiger partial charge in [-0.25, -0.2) is 0 Å². The summed E-state index contributed by atoms with van der Waals surface area (Å²) in [5, 5.41) is 7.56. The quantitative estimate of drug-likeness (QED) is 0.920. The topological polar surface area (TPSA) is 71.3 Å². The molecule has 3 fully saturated rings. The van der Waals surface area contributed by atoms with Crippen LogP contribution in [0.4, 0.5) is 0 Å². The van der Waals surface area contributed by atoms with Crippen LogP contribution < -0.4 is 5.32 Å². The van der Waals surface area contributed by atoms with Gasteiger partial charge in [0.2, 0.25) is 11.7 Å². The van der Waals surface area contributed by atoms with Gasteiger partial charge in [0, 0.05) is 36.7 Å². The van der Waals surface area contributed by atoms with E-state index in [1.807, 2.05) is 29.2 Å². The van der Waals surface area contributed by atoms with Gasteiger partial charge < -0.3 is 14.7 Å². The molecule has 0 bridgehead atoms. The van der Waals surface area contributed by atoms with Crippen LogP contribution >= 0.6 is 0 Å². The molecule has 1 aromatic heterocycles. The van der Waals surface area contributed by atoms with E-state index in [1.54, 1.807) is 0 Å². The minimum absolute atomic E-state index is 0.110. The Kier molecular flexibility index (Phi) is 3.81. The molecule has 2 aliphatic heterocycles. The monoisotopic (exact) mass is 352 g/mol. The Morgan fingerprint density at radius 2 is 2.08 bits per heavy atom. The third-order valence-electron chi connectivity index (χ3n) is 6.18. The highest BCUT2D eigenvalue weighted by Gasteiger charge is 2.38. The van der Waals surface area contributed by atoms with Gasteiger partial charge in [0.15, 0.2) is 0 Å². The first-order chi connectivity index (χ1) is 12.7. The molecule has 136 valence electrons. The van der Waals surface area contributed by atoms with Crippen molar-refractivity contribution in [1.82, 2.24) is 20.4 Å². The fourth-order valence-electron chi connectivity index (χ4n) is 4.23. The van der Waals surface area contributed by atoms with Gasteiger partial charge in [0.25, 0.3) is 5.91 Å². The lowest BCUT2D eigenvalue weighted by Crippen LogP contribution is -2.44. The summed E-state index contributed by atoms with van der Waals surface area (Å²) in [5.74, 6) is 1.85. The molecule has 0 radical (unpaired) electrons. The van der Waals surface area contributed by atoms with Gasteiger partial charge in [-0.3, -0.25) is 4.79 Å². The van der Waals surface area contributed by atoms with Crippen molar-refractivity contribution in [3.05, 3.63) is 35.7 Å². The molecular formula is C20H24N4O2. The number of piperidine rings is 1. The maximum Gasteiger partial charge on any atom is 0.253 e. The molecule has 5 rings (SSSR count). The summed E-state index contributed by atoms with van der Waals surface area (Å²) in [6.07, 6.45) is 5.70. The van der Waals surface area contributed by atoms with Crippen molar-refractivity contribution in [3.63, 3.8) is 0 Å². The third-order valence-corrected chi connectivity index (χ3v) is 6.18. The summed E-state index contributed by atoms with van der Waals surface area (Å²) in [4.78, 5) is 19.4. The third kappa shape index (κ3) is 2.92. The summed E-state index contributed by atoms with van der Waals surface area (Å²) in [6, 6.07) is 7.62. The average molecular weight is 352 g/mol. The lowest BCUT2D eigenvalue weighted by molar-refractivity contribution is 0.0607. The molecule has 3 aliphatic rings. The van der Waals surface area contributed by atoms with Crippen molar-refractivity contribution in [3.8, 4) is 11.4 Å². The largest absolute Gasteiger partial charge is 0.339 e. The molecule has 6 heteroatoms. The van der Waals surface area contributed by atoms with Crippen molar-refractivity contribution in [1.29, 1.82) is 0 Å². The van der Waals surface area contributed by atoms with Crippen LogP contribution in [-0.2, 0) is 0 Å². The molecule has 1 spiro atoms. The van der Waals surface area contributed by atoms with Crippen LogP contribution in [0.3, 0.4) is 0 Å². The zero-order valence-corrected chi connectivity index (χ0v) is 14.9. The second-order valence-electron chi connectivity index (χ2n) is 8.03. The Morgan fingerprint density at radius 1 is 1.23 bits per heavy atom. The van der Waals surface area contributed by atoms with Gasteiger partial charge in [-0.2, -0.15) is 4.98 Å². The first-order valence-corrected chi connectivity index (χ1v) is 9.67. The van der Waals surface area contributed by atoms with Crippen molar-refractivity contribution in [2.45, 2.75) is 38.0 Å². The van der Waals surface area contributed by atoms with E-state index >= 15 is 0 Å². The van der Waals surface area contributed by atoms with E-state index in [9.17, 15) is 4.79 Å². The molecule has 26 heavy (non-hydrogen) atoms. The highest BCUT2D eigenvalue weighted by molar-refractivity contribution is 5.95. The number of amides is 1. The molecule has 2 saturated heterocycles. The fraction of sp³-hybridized carbons (Fsp3) is 0.550. The van der Waals surface area contributed by atoms with Gasteiger partial charge in [-0.15, -0.1) is 0 Å². The van der Waals surface area contributed by atoms with Crippen LogP contribution in [0.1, 0.15) is 54.3 Å². The number of rotatable bonds is 3. The van der Waals surface area contributed by atoms with Gasteiger partial charge in [-0.05, 0) is 56.2 Å². The van der Waals surface area contributed by atoms with Crippen molar-refractivity contribution in [2.75, 3.05) is 26.2 Å². The molecule has 1 N–H and O–H groups in total. The Balaban J connectivity index is 1.31. The molecule has 6 nitrogen and oxygen atoms in total. The summed E-state index contributed by atoms with van der Waals surface area (Å²) < 4.78 is 5.35. The molecule has 0 atom stereocenters. The van der Waals surface area contributed by atoms with Gasteiger partial charge >= 0.3 is 0 Å². The van der Waals surface area contributed by atoms with Crippen molar-refractivity contribution >= 4 is 5.91 Å². The number of carbonyl (C=O) groups excluding carboxylic acids is 1. The van der Waals surface area contributed by atoms with E-state index in [2.05, 4.69) is 15.5 Å². The van der Waals surface area contributed by atoms with Crippen LogP contribution in [0.5, 0.6) is 0 Å². The summed E-state index contributed by atoms with van der Waals surface area (Å²) in [5.41, 5.74) is 1.98. The second-order valence-corrected chi connectivity index (χ2v) is 8.03.